The Bertz CT molecular complexity index is 960. The van der Waals surface area contributed by atoms with Gasteiger partial charge in [-0.2, -0.15) is 0 Å². The van der Waals surface area contributed by atoms with Gasteiger partial charge in [-0.25, -0.2) is 12.8 Å². The first-order valence-corrected chi connectivity index (χ1v) is 9.51. The normalized spacial score (nSPS) is 13.6. The van der Waals surface area contributed by atoms with Crippen LogP contribution in [0, 0.1) is 12.7 Å². The van der Waals surface area contributed by atoms with Crippen molar-refractivity contribution in [3.63, 3.8) is 0 Å². The number of anilines is 2. The lowest BCUT2D eigenvalue weighted by Crippen LogP contribution is -2.32. The number of aryl methyl sites for hydroxylation is 1. The zero-order valence-electron chi connectivity index (χ0n) is 14.5. The number of sulfonamides is 1. The number of rotatable bonds is 5. The third-order valence-electron chi connectivity index (χ3n) is 4.23. The second-order valence-corrected chi connectivity index (χ2v) is 7.74. The molecule has 8 heteroatoms. The van der Waals surface area contributed by atoms with Crippen LogP contribution in [0.3, 0.4) is 0 Å². The van der Waals surface area contributed by atoms with E-state index in [9.17, 15) is 17.6 Å². The van der Waals surface area contributed by atoms with E-state index in [1.54, 1.807) is 23.1 Å². The highest BCUT2D eigenvalue weighted by atomic mass is 32.2. The maximum Gasteiger partial charge on any atom is 0.262 e. The largest absolute Gasteiger partial charge is 0.375 e. The molecule has 6 nitrogen and oxygen atoms in total. The number of amides is 1. The van der Waals surface area contributed by atoms with Crippen molar-refractivity contribution in [2.24, 2.45) is 0 Å². The van der Waals surface area contributed by atoms with Crippen LogP contribution in [0.25, 0.3) is 0 Å². The average molecular weight is 378 g/mol. The molecule has 0 aromatic heterocycles. The second-order valence-electron chi connectivity index (χ2n) is 6.09. The van der Waals surface area contributed by atoms with E-state index in [2.05, 4.69) is 4.72 Å². The molecule has 0 saturated heterocycles. The molecule has 1 heterocycles. The SMILES string of the molecule is COCC(=O)N1CCc2ccc(NS(=O)(=O)c3ccc(F)cc3C)cc21. The number of carbonyl (C=O) groups is 1. The Morgan fingerprint density at radius 3 is 2.73 bits per heavy atom. The van der Waals surface area contributed by atoms with E-state index in [1.807, 2.05) is 0 Å². The summed E-state index contributed by atoms with van der Waals surface area (Å²) in [5.41, 5.74) is 2.29. The van der Waals surface area contributed by atoms with E-state index in [0.29, 0.717) is 29.9 Å². The molecule has 0 atom stereocenters. The van der Waals surface area contributed by atoms with Crippen LogP contribution in [0.4, 0.5) is 15.8 Å². The van der Waals surface area contributed by atoms with Crippen molar-refractivity contribution in [3.8, 4) is 0 Å². The van der Waals surface area contributed by atoms with Gasteiger partial charge in [-0.05, 0) is 54.8 Å². The highest BCUT2D eigenvalue weighted by molar-refractivity contribution is 7.92. The summed E-state index contributed by atoms with van der Waals surface area (Å²) < 4.78 is 45.9. The smallest absolute Gasteiger partial charge is 0.262 e. The van der Waals surface area contributed by atoms with Crippen molar-refractivity contribution in [1.82, 2.24) is 0 Å². The predicted molar refractivity (Wildman–Crippen MR) is 96.3 cm³/mol. The molecule has 2 aromatic carbocycles. The van der Waals surface area contributed by atoms with Crippen molar-refractivity contribution in [3.05, 3.63) is 53.3 Å². The molecular formula is C18H19FN2O4S. The van der Waals surface area contributed by atoms with Crippen LogP contribution >= 0.6 is 0 Å². The molecule has 138 valence electrons. The van der Waals surface area contributed by atoms with E-state index in [1.165, 1.54) is 26.2 Å². The van der Waals surface area contributed by atoms with Gasteiger partial charge in [-0.15, -0.1) is 0 Å². The first kappa shape index (κ1) is 18.3. The Morgan fingerprint density at radius 2 is 2.04 bits per heavy atom. The van der Waals surface area contributed by atoms with Gasteiger partial charge in [0, 0.05) is 19.3 Å². The van der Waals surface area contributed by atoms with Crippen LogP contribution < -0.4 is 9.62 Å². The Labute approximate surface area is 151 Å². The number of benzene rings is 2. The molecule has 0 unspecified atom stereocenters. The predicted octanol–water partition coefficient (Wildman–Crippen LogP) is 2.47. The molecule has 1 N–H and O–H groups in total. The highest BCUT2D eigenvalue weighted by Crippen LogP contribution is 2.32. The molecule has 26 heavy (non-hydrogen) atoms. The highest BCUT2D eigenvalue weighted by Gasteiger charge is 2.25. The number of methoxy groups -OCH3 is 1. The number of fused-ring (bicyclic) bond motifs is 1. The molecule has 0 spiro atoms. The fourth-order valence-electron chi connectivity index (χ4n) is 3.03. The van der Waals surface area contributed by atoms with Crippen LogP contribution in [0.5, 0.6) is 0 Å². The molecule has 2 aromatic rings. The van der Waals surface area contributed by atoms with Gasteiger partial charge in [0.2, 0.25) is 0 Å². The van der Waals surface area contributed by atoms with Gasteiger partial charge in [0.05, 0.1) is 10.6 Å². The minimum atomic E-state index is -3.87. The fraction of sp³-hybridized carbons (Fsp3) is 0.278. The summed E-state index contributed by atoms with van der Waals surface area (Å²) >= 11 is 0. The van der Waals surface area contributed by atoms with E-state index < -0.39 is 15.8 Å². The second kappa shape index (κ2) is 7.05. The van der Waals surface area contributed by atoms with Crippen LogP contribution in [0.15, 0.2) is 41.3 Å². The summed E-state index contributed by atoms with van der Waals surface area (Å²) in [6.45, 7) is 2.03. The van der Waals surface area contributed by atoms with E-state index in [-0.39, 0.29) is 17.4 Å². The zero-order valence-corrected chi connectivity index (χ0v) is 15.3. The van der Waals surface area contributed by atoms with Gasteiger partial charge in [0.1, 0.15) is 12.4 Å². The number of carbonyl (C=O) groups excluding carboxylic acids is 1. The van der Waals surface area contributed by atoms with E-state index in [4.69, 9.17) is 4.74 Å². The van der Waals surface area contributed by atoms with E-state index in [0.717, 1.165) is 11.6 Å². The third kappa shape index (κ3) is 3.56. The lowest BCUT2D eigenvalue weighted by Gasteiger charge is -2.18. The van der Waals surface area contributed by atoms with Gasteiger partial charge in [-0.3, -0.25) is 9.52 Å². The topological polar surface area (TPSA) is 75.7 Å². The summed E-state index contributed by atoms with van der Waals surface area (Å²) in [5.74, 6) is -0.674. The number of hydrogen-bond donors (Lipinski definition) is 1. The molecule has 0 fully saturated rings. The quantitative estimate of drug-likeness (QED) is 0.867. The van der Waals surface area contributed by atoms with Gasteiger partial charge in [0.15, 0.2) is 0 Å². The molecule has 1 aliphatic rings. The molecule has 0 saturated carbocycles. The molecule has 1 amide bonds. The van der Waals surface area contributed by atoms with Crippen LogP contribution in [0.1, 0.15) is 11.1 Å². The number of halogens is 1. The summed E-state index contributed by atoms with van der Waals surface area (Å²) in [6.07, 6.45) is 0.703. The van der Waals surface area contributed by atoms with Gasteiger partial charge in [-0.1, -0.05) is 6.07 Å². The fourth-order valence-corrected chi connectivity index (χ4v) is 4.30. The van der Waals surface area contributed by atoms with Crippen molar-refractivity contribution < 1.29 is 22.3 Å². The van der Waals surface area contributed by atoms with Crippen LogP contribution in [0.2, 0.25) is 0 Å². The average Bonchev–Trinajstić information content (AvgIpc) is 2.97. The summed E-state index contributed by atoms with van der Waals surface area (Å²) in [5, 5.41) is 0. The van der Waals surface area contributed by atoms with Crippen LogP contribution in [-0.2, 0) is 26.0 Å². The van der Waals surface area contributed by atoms with E-state index >= 15 is 0 Å². The van der Waals surface area contributed by atoms with Crippen molar-refractivity contribution >= 4 is 27.3 Å². The Morgan fingerprint density at radius 1 is 1.27 bits per heavy atom. The number of hydrogen-bond acceptors (Lipinski definition) is 4. The van der Waals surface area contributed by atoms with Crippen molar-refractivity contribution in [2.75, 3.05) is 29.9 Å². The summed E-state index contributed by atoms with van der Waals surface area (Å²) in [6, 6.07) is 8.59. The number of nitrogens with one attached hydrogen (secondary N) is 1. The first-order chi connectivity index (χ1) is 12.3. The monoisotopic (exact) mass is 378 g/mol. The minimum Gasteiger partial charge on any atom is -0.375 e. The third-order valence-corrected chi connectivity index (χ3v) is 5.77. The number of nitrogens with zero attached hydrogens (tertiary/aromatic N) is 1. The van der Waals surface area contributed by atoms with Gasteiger partial charge in [0.25, 0.3) is 15.9 Å². The van der Waals surface area contributed by atoms with Gasteiger partial charge >= 0.3 is 0 Å². The maximum absolute atomic E-state index is 13.2. The lowest BCUT2D eigenvalue weighted by atomic mass is 10.1. The van der Waals surface area contributed by atoms with Crippen molar-refractivity contribution in [1.29, 1.82) is 0 Å². The molecule has 1 aliphatic heterocycles. The first-order valence-electron chi connectivity index (χ1n) is 8.03. The lowest BCUT2D eigenvalue weighted by molar-refractivity contribution is -0.122. The van der Waals surface area contributed by atoms with Gasteiger partial charge < -0.3 is 9.64 Å². The maximum atomic E-state index is 13.2. The molecule has 0 radical (unpaired) electrons. The molecular weight excluding hydrogens is 359 g/mol. The Balaban J connectivity index is 1.89. The van der Waals surface area contributed by atoms with Crippen molar-refractivity contribution in [2.45, 2.75) is 18.2 Å². The standard InChI is InChI=1S/C18H19FN2O4S/c1-12-9-14(19)4-6-17(12)26(23,24)20-15-5-3-13-7-8-21(16(13)10-15)18(22)11-25-2/h3-6,9-10,20H,7-8,11H2,1-2H3. The number of ether oxygens (including phenoxy) is 1. The molecule has 0 bridgehead atoms. The Hall–Kier alpha value is -2.45. The molecule has 3 rings (SSSR count). The minimum absolute atomic E-state index is 0.00622. The zero-order chi connectivity index (χ0) is 18.9. The summed E-state index contributed by atoms with van der Waals surface area (Å²) in [4.78, 5) is 13.7. The Kier molecular flexibility index (Phi) is 4.97. The summed E-state index contributed by atoms with van der Waals surface area (Å²) in [7, 11) is -2.42. The van der Waals surface area contributed by atoms with Crippen LogP contribution in [-0.4, -0.2) is 34.6 Å². The molecule has 0 aliphatic carbocycles.